The van der Waals surface area contributed by atoms with E-state index in [9.17, 15) is 27.9 Å². The number of carbonyl (C=O) groups excluding carboxylic acids is 1. The smallest absolute Gasteiger partial charge is 0.416 e. The van der Waals surface area contributed by atoms with Crippen LogP contribution in [0.3, 0.4) is 0 Å². The lowest BCUT2D eigenvalue weighted by Crippen LogP contribution is -2.37. The van der Waals surface area contributed by atoms with Gasteiger partial charge in [0.1, 0.15) is 5.75 Å². The van der Waals surface area contributed by atoms with Gasteiger partial charge in [0, 0.05) is 5.56 Å². The van der Waals surface area contributed by atoms with Crippen molar-refractivity contribution in [1.82, 2.24) is 5.32 Å². The first-order valence-electron chi connectivity index (χ1n) is 10.5. The molecule has 0 aliphatic heterocycles. The molecule has 8 heteroatoms. The Bertz CT molecular complexity index is 1130. The Morgan fingerprint density at radius 3 is 2.03 bits per heavy atom. The van der Waals surface area contributed by atoms with Crippen molar-refractivity contribution >= 4 is 11.9 Å². The van der Waals surface area contributed by atoms with Crippen LogP contribution in [0.2, 0.25) is 0 Å². The third kappa shape index (κ3) is 6.37. The first-order valence-corrected chi connectivity index (χ1v) is 10.5. The van der Waals surface area contributed by atoms with E-state index in [1.165, 1.54) is 13.8 Å². The molecule has 0 aliphatic rings. The summed E-state index contributed by atoms with van der Waals surface area (Å²) in [4.78, 5) is 24.0. The average molecular weight is 471 g/mol. The van der Waals surface area contributed by atoms with Crippen molar-refractivity contribution in [1.29, 1.82) is 0 Å². The average Bonchev–Trinajstić information content (AvgIpc) is 2.79. The van der Waals surface area contributed by atoms with Crippen molar-refractivity contribution in [3.05, 3.63) is 101 Å². The number of carboxylic acid groups (broad SMARTS) is 1. The number of rotatable bonds is 8. The lowest BCUT2D eigenvalue weighted by Gasteiger charge is -2.22. The standard InChI is InChI=1S/C26H24F3NO4/c1-25(2,24(32)33)34-21-14-8-17(9-15-21)16-22(18-6-4-3-5-7-18)30-23(31)19-10-12-20(13-11-19)26(27,28)29/h3-15,22H,16H2,1-2H3,(H,30,31)(H,32,33). The Labute approximate surface area is 195 Å². The molecule has 0 spiro atoms. The highest BCUT2D eigenvalue weighted by Crippen LogP contribution is 2.29. The highest BCUT2D eigenvalue weighted by atomic mass is 19.4. The number of carbonyl (C=O) groups is 2. The number of aliphatic carboxylic acids is 1. The van der Waals surface area contributed by atoms with Crippen molar-refractivity contribution in [2.24, 2.45) is 0 Å². The van der Waals surface area contributed by atoms with Crippen molar-refractivity contribution in [3.8, 4) is 5.75 Å². The van der Waals surface area contributed by atoms with Crippen LogP contribution in [0, 0.1) is 0 Å². The van der Waals surface area contributed by atoms with Crippen LogP contribution in [0.25, 0.3) is 0 Å². The minimum atomic E-state index is -4.48. The number of halogens is 3. The number of carboxylic acids is 1. The van der Waals surface area contributed by atoms with Crippen LogP contribution in [0.5, 0.6) is 5.75 Å². The molecule has 0 saturated carbocycles. The minimum Gasteiger partial charge on any atom is -0.478 e. The molecule has 2 N–H and O–H groups in total. The fourth-order valence-electron chi connectivity index (χ4n) is 3.26. The fourth-order valence-corrected chi connectivity index (χ4v) is 3.26. The Morgan fingerprint density at radius 2 is 1.50 bits per heavy atom. The van der Waals surface area contributed by atoms with Crippen LogP contribution in [0.15, 0.2) is 78.9 Å². The van der Waals surface area contributed by atoms with Crippen LogP contribution < -0.4 is 10.1 Å². The van der Waals surface area contributed by atoms with E-state index in [0.29, 0.717) is 12.2 Å². The Hall–Kier alpha value is -3.81. The molecule has 0 aromatic heterocycles. The second-order valence-electron chi connectivity index (χ2n) is 8.28. The van der Waals surface area contributed by atoms with Gasteiger partial charge in [0.2, 0.25) is 0 Å². The number of ether oxygens (including phenoxy) is 1. The molecule has 3 aromatic rings. The SMILES string of the molecule is CC(C)(Oc1ccc(CC(NC(=O)c2ccc(C(F)(F)F)cc2)c2ccccc2)cc1)C(=O)O. The van der Waals surface area contributed by atoms with Gasteiger partial charge in [-0.25, -0.2) is 4.79 Å². The molecule has 0 aliphatic carbocycles. The van der Waals surface area contributed by atoms with Gasteiger partial charge in [0.25, 0.3) is 5.91 Å². The molecule has 0 heterocycles. The van der Waals surface area contributed by atoms with Gasteiger partial charge < -0.3 is 15.2 Å². The summed E-state index contributed by atoms with van der Waals surface area (Å²) < 4.78 is 44.0. The van der Waals surface area contributed by atoms with Gasteiger partial charge in [0.15, 0.2) is 5.60 Å². The molecule has 0 saturated heterocycles. The maximum Gasteiger partial charge on any atom is 0.416 e. The first kappa shape index (κ1) is 24.8. The Balaban J connectivity index is 1.77. The number of hydrogen-bond acceptors (Lipinski definition) is 3. The maximum atomic E-state index is 12.8. The summed E-state index contributed by atoms with van der Waals surface area (Å²) >= 11 is 0. The summed E-state index contributed by atoms with van der Waals surface area (Å²) in [5, 5.41) is 12.1. The normalized spacial score (nSPS) is 12.6. The molecular weight excluding hydrogens is 447 g/mol. The van der Waals surface area contributed by atoms with Crippen LogP contribution in [0.1, 0.15) is 46.9 Å². The largest absolute Gasteiger partial charge is 0.478 e. The molecule has 1 atom stereocenters. The van der Waals surface area contributed by atoms with Crippen molar-refractivity contribution in [2.45, 2.75) is 38.1 Å². The molecular formula is C26H24F3NO4. The predicted molar refractivity (Wildman–Crippen MR) is 121 cm³/mol. The van der Waals surface area contributed by atoms with E-state index in [1.807, 2.05) is 30.3 Å². The van der Waals surface area contributed by atoms with E-state index in [-0.39, 0.29) is 5.56 Å². The van der Waals surface area contributed by atoms with Crippen LogP contribution in [-0.4, -0.2) is 22.6 Å². The second kappa shape index (κ2) is 9.99. The second-order valence-corrected chi connectivity index (χ2v) is 8.28. The number of hydrogen-bond donors (Lipinski definition) is 2. The van der Waals surface area contributed by atoms with Crippen LogP contribution in [0.4, 0.5) is 13.2 Å². The van der Waals surface area contributed by atoms with Crippen molar-refractivity contribution in [3.63, 3.8) is 0 Å². The van der Waals surface area contributed by atoms with Gasteiger partial charge in [-0.15, -0.1) is 0 Å². The molecule has 3 aromatic carbocycles. The maximum absolute atomic E-state index is 12.8. The van der Waals surface area contributed by atoms with E-state index in [4.69, 9.17) is 4.74 Å². The third-order valence-corrected chi connectivity index (χ3v) is 5.23. The zero-order valence-electron chi connectivity index (χ0n) is 18.6. The van der Waals surface area contributed by atoms with Crippen LogP contribution in [-0.2, 0) is 17.4 Å². The summed E-state index contributed by atoms with van der Waals surface area (Å²) in [6.45, 7) is 2.90. The van der Waals surface area contributed by atoms with Gasteiger partial charge in [0.05, 0.1) is 11.6 Å². The van der Waals surface area contributed by atoms with E-state index in [0.717, 1.165) is 35.4 Å². The van der Waals surface area contributed by atoms with E-state index in [1.54, 1.807) is 24.3 Å². The quantitative estimate of drug-likeness (QED) is 0.445. The molecule has 0 fully saturated rings. The topological polar surface area (TPSA) is 75.6 Å². The number of amides is 1. The monoisotopic (exact) mass is 471 g/mol. The minimum absolute atomic E-state index is 0.119. The highest BCUT2D eigenvalue weighted by Gasteiger charge is 2.31. The molecule has 5 nitrogen and oxygen atoms in total. The third-order valence-electron chi connectivity index (χ3n) is 5.23. The van der Waals surface area contributed by atoms with E-state index < -0.39 is 35.3 Å². The summed E-state index contributed by atoms with van der Waals surface area (Å²) in [5.74, 6) is -1.20. The molecule has 0 radical (unpaired) electrons. The number of alkyl halides is 3. The molecule has 0 bridgehead atoms. The lowest BCUT2D eigenvalue weighted by atomic mass is 9.98. The summed E-state index contributed by atoms with van der Waals surface area (Å²) in [6.07, 6.45) is -4.07. The zero-order valence-corrected chi connectivity index (χ0v) is 18.6. The van der Waals surface area contributed by atoms with Gasteiger partial charge in [-0.05, 0) is 67.8 Å². The zero-order chi connectivity index (χ0) is 24.9. The van der Waals surface area contributed by atoms with Gasteiger partial charge >= 0.3 is 12.1 Å². The van der Waals surface area contributed by atoms with E-state index in [2.05, 4.69) is 5.32 Å². The molecule has 34 heavy (non-hydrogen) atoms. The van der Waals surface area contributed by atoms with Crippen LogP contribution >= 0.6 is 0 Å². The number of benzene rings is 3. The lowest BCUT2D eigenvalue weighted by molar-refractivity contribution is -0.152. The molecule has 178 valence electrons. The summed E-state index contributed by atoms with van der Waals surface area (Å²) in [6, 6.07) is 19.7. The van der Waals surface area contributed by atoms with Crippen molar-refractivity contribution < 1.29 is 32.6 Å². The Morgan fingerprint density at radius 1 is 0.912 bits per heavy atom. The Kier molecular flexibility index (Phi) is 7.29. The molecule has 3 rings (SSSR count). The van der Waals surface area contributed by atoms with Crippen molar-refractivity contribution in [2.75, 3.05) is 0 Å². The summed E-state index contributed by atoms with van der Waals surface area (Å²) in [5.41, 5.74) is -0.410. The molecule has 1 amide bonds. The number of nitrogens with one attached hydrogen (secondary N) is 1. The fraction of sp³-hybridized carbons (Fsp3) is 0.231. The molecule has 1 unspecified atom stereocenters. The summed E-state index contributed by atoms with van der Waals surface area (Å²) in [7, 11) is 0. The van der Waals surface area contributed by atoms with Gasteiger partial charge in [-0.1, -0.05) is 42.5 Å². The highest BCUT2D eigenvalue weighted by molar-refractivity contribution is 5.94. The predicted octanol–water partition coefficient (Wildman–Crippen LogP) is 5.66. The van der Waals surface area contributed by atoms with Gasteiger partial charge in [-0.2, -0.15) is 13.2 Å². The van der Waals surface area contributed by atoms with Gasteiger partial charge in [-0.3, -0.25) is 4.79 Å². The first-order chi connectivity index (χ1) is 16.0. The van der Waals surface area contributed by atoms with E-state index >= 15 is 0 Å².